The fraction of sp³-hybridized carbons (Fsp3) is 0.433. The molecule has 0 fully saturated rings. The Morgan fingerprint density at radius 1 is 1.17 bits per heavy atom. The lowest BCUT2D eigenvalue weighted by Crippen LogP contribution is -2.26. The molecule has 0 spiro atoms. The highest BCUT2D eigenvalue weighted by Gasteiger charge is 2.31. The zero-order chi connectivity index (χ0) is 26.3. The molecule has 0 amide bonds. The molecule has 1 N–H and O–H groups in total. The van der Waals surface area contributed by atoms with Gasteiger partial charge in [0.2, 0.25) is 0 Å². The molecule has 0 saturated heterocycles. The third-order valence-corrected chi connectivity index (χ3v) is 8.77. The van der Waals surface area contributed by atoms with Crippen molar-refractivity contribution in [1.29, 1.82) is 0 Å². The molecule has 2 aromatic carbocycles. The number of fused-ring (bicyclic) bond motifs is 1. The van der Waals surface area contributed by atoms with E-state index in [1.54, 1.807) is 35.2 Å². The van der Waals surface area contributed by atoms with E-state index >= 15 is 0 Å². The van der Waals surface area contributed by atoms with Crippen LogP contribution in [0, 0.1) is 6.92 Å². The van der Waals surface area contributed by atoms with Crippen molar-refractivity contribution in [3.05, 3.63) is 74.8 Å². The summed E-state index contributed by atoms with van der Waals surface area (Å²) in [5.74, 6) is 0.708. The van der Waals surface area contributed by atoms with Gasteiger partial charge in [-0.15, -0.1) is 10.2 Å². The quantitative estimate of drug-likeness (QED) is 0.182. The topological polar surface area (TPSA) is 63.1 Å². The lowest BCUT2D eigenvalue weighted by molar-refractivity contribution is 0.0697. The highest BCUT2D eigenvalue weighted by atomic mass is 32.2. The summed E-state index contributed by atoms with van der Waals surface area (Å²) in [6.07, 6.45) is 8.82. The predicted molar refractivity (Wildman–Crippen MR) is 154 cm³/mol. The van der Waals surface area contributed by atoms with Gasteiger partial charge in [0.15, 0.2) is 4.34 Å². The number of rotatable bonds is 8. The Bertz CT molecular complexity index is 1200. The number of benzene rings is 2. The van der Waals surface area contributed by atoms with E-state index in [1.807, 2.05) is 32.9 Å². The number of carboxylic acid groups (broad SMARTS) is 1. The average molecular weight is 523 g/mol. The van der Waals surface area contributed by atoms with Crippen molar-refractivity contribution in [2.75, 3.05) is 5.75 Å². The molecule has 3 aromatic rings. The number of carboxylic acids is 1. The summed E-state index contributed by atoms with van der Waals surface area (Å²) in [5, 5.41) is 18.5. The van der Waals surface area contributed by atoms with Gasteiger partial charge in [-0.05, 0) is 83.9 Å². The second kappa shape index (κ2) is 12.7. The predicted octanol–water partition coefficient (Wildman–Crippen LogP) is 8.64. The SMILES string of the molecule is CC.Cc1nnc(SCCCc2cc3c(cc2/C=C/c2ccc(C(=O)O)cc2)C(C)(C)CCC3C)s1. The van der Waals surface area contributed by atoms with Crippen molar-refractivity contribution in [3.63, 3.8) is 0 Å². The van der Waals surface area contributed by atoms with Crippen molar-refractivity contribution in [3.8, 4) is 0 Å². The molecule has 36 heavy (non-hydrogen) atoms. The minimum atomic E-state index is -0.898. The molecule has 1 aliphatic carbocycles. The van der Waals surface area contributed by atoms with Gasteiger partial charge >= 0.3 is 5.97 Å². The molecule has 192 valence electrons. The summed E-state index contributed by atoms with van der Waals surface area (Å²) in [6.45, 7) is 13.1. The average Bonchev–Trinajstić information content (AvgIpc) is 3.29. The van der Waals surface area contributed by atoms with E-state index in [4.69, 9.17) is 5.11 Å². The van der Waals surface area contributed by atoms with Crippen LogP contribution in [0.1, 0.15) is 103 Å². The van der Waals surface area contributed by atoms with Crippen molar-refractivity contribution >= 4 is 41.2 Å². The monoisotopic (exact) mass is 522 g/mol. The third kappa shape index (κ3) is 7.07. The minimum absolute atomic E-state index is 0.178. The van der Waals surface area contributed by atoms with Crippen molar-refractivity contribution < 1.29 is 9.90 Å². The second-order valence-electron chi connectivity index (χ2n) is 9.76. The maximum atomic E-state index is 11.2. The fourth-order valence-electron chi connectivity index (χ4n) is 4.59. The molecule has 4 rings (SSSR count). The summed E-state index contributed by atoms with van der Waals surface area (Å²) in [4.78, 5) is 11.2. The molecule has 0 aliphatic heterocycles. The molecule has 1 heterocycles. The zero-order valence-corrected chi connectivity index (χ0v) is 23.9. The molecule has 4 nitrogen and oxygen atoms in total. The summed E-state index contributed by atoms with van der Waals surface area (Å²) in [7, 11) is 0. The maximum absolute atomic E-state index is 11.2. The van der Waals surface area contributed by atoms with Crippen molar-refractivity contribution in [2.24, 2.45) is 0 Å². The van der Waals surface area contributed by atoms with Crippen LogP contribution in [0.2, 0.25) is 0 Å². The number of aryl methyl sites for hydroxylation is 2. The van der Waals surface area contributed by atoms with Crippen LogP contribution < -0.4 is 0 Å². The van der Waals surface area contributed by atoms with Crippen molar-refractivity contribution in [2.45, 2.75) is 82.9 Å². The van der Waals surface area contributed by atoms with E-state index in [0.717, 1.165) is 33.5 Å². The lowest BCUT2D eigenvalue weighted by Gasteiger charge is -2.37. The Morgan fingerprint density at radius 2 is 1.89 bits per heavy atom. The van der Waals surface area contributed by atoms with Gasteiger partial charge in [-0.2, -0.15) is 0 Å². The molecule has 6 heteroatoms. The fourth-order valence-corrected chi connectivity index (χ4v) is 6.42. The molecule has 0 saturated carbocycles. The van der Waals surface area contributed by atoms with Crippen LogP contribution in [0.5, 0.6) is 0 Å². The summed E-state index contributed by atoms with van der Waals surface area (Å²) in [5.41, 5.74) is 7.11. The highest BCUT2D eigenvalue weighted by molar-refractivity contribution is 8.01. The number of nitrogens with zero attached hydrogens (tertiary/aromatic N) is 2. The molecule has 1 aliphatic rings. The Hall–Kier alpha value is -2.44. The van der Waals surface area contributed by atoms with Gasteiger partial charge < -0.3 is 5.11 Å². The largest absolute Gasteiger partial charge is 0.478 e. The molecule has 1 atom stereocenters. The second-order valence-corrected chi connectivity index (χ2v) is 12.3. The number of aromatic carboxylic acids is 1. The van der Waals surface area contributed by atoms with E-state index < -0.39 is 5.97 Å². The Kier molecular flexibility index (Phi) is 9.92. The standard InChI is InChI=1S/C28H32N2O2S2.C2H6/c1-18-13-14-28(3,4)25-17-23(12-9-20-7-10-21(11-8-20)26(31)32)22(16-24(18)25)6-5-15-33-27-30-29-19(2)34-27;1-2/h7-12,16-18H,5-6,13-15H2,1-4H3,(H,31,32);1-2H3/b12-9+;. The highest BCUT2D eigenvalue weighted by Crippen LogP contribution is 2.44. The summed E-state index contributed by atoms with van der Waals surface area (Å²) in [6, 6.07) is 11.9. The van der Waals surface area contributed by atoms with Crippen LogP contribution in [0.3, 0.4) is 0 Å². The van der Waals surface area contributed by atoms with E-state index in [-0.39, 0.29) is 5.41 Å². The Balaban J connectivity index is 0.00000176. The number of thioether (sulfide) groups is 1. The van der Waals surface area contributed by atoms with Crippen LogP contribution in [0.15, 0.2) is 40.7 Å². The van der Waals surface area contributed by atoms with Gasteiger partial charge in [-0.3, -0.25) is 0 Å². The van der Waals surface area contributed by atoms with Crippen LogP contribution in [0.4, 0.5) is 0 Å². The first-order chi connectivity index (χ1) is 17.2. The van der Waals surface area contributed by atoms with Gasteiger partial charge in [-0.25, -0.2) is 4.79 Å². The Labute approximate surface area is 224 Å². The van der Waals surface area contributed by atoms with Crippen LogP contribution in [-0.4, -0.2) is 27.0 Å². The van der Waals surface area contributed by atoms with Gasteiger partial charge in [-0.1, -0.05) is 94.1 Å². The molecule has 0 bridgehead atoms. The van der Waals surface area contributed by atoms with Crippen LogP contribution in [0.25, 0.3) is 12.2 Å². The number of aromatic nitrogens is 2. The maximum Gasteiger partial charge on any atom is 0.335 e. The first kappa shape index (κ1) is 28.1. The number of carbonyl (C=O) groups is 1. The number of hydrogen-bond acceptors (Lipinski definition) is 5. The lowest BCUT2D eigenvalue weighted by atomic mass is 9.68. The molecule has 1 aromatic heterocycles. The third-order valence-electron chi connectivity index (χ3n) is 6.71. The van der Waals surface area contributed by atoms with Gasteiger partial charge in [0, 0.05) is 5.75 Å². The van der Waals surface area contributed by atoms with E-state index in [9.17, 15) is 4.79 Å². The molecular weight excluding hydrogens is 484 g/mol. The van der Waals surface area contributed by atoms with Gasteiger partial charge in [0.05, 0.1) is 5.56 Å². The molecule has 1 unspecified atom stereocenters. The Morgan fingerprint density at radius 3 is 2.53 bits per heavy atom. The zero-order valence-electron chi connectivity index (χ0n) is 22.3. The van der Waals surface area contributed by atoms with Gasteiger partial charge in [0.1, 0.15) is 5.01 Å². The van der Waals surface area contributed by atoms with Crippen LogP contribution >= 0.6 is 23.1 Å². The van der Waals surface area contributed by atoms with E-state index in [1.165, 1.54) is 35.1 Å². The number of hydrogen-bond donors (Lipinski definition) is 1. The minimum Gasteiger partial charge on any atom is -0.478 e. The van der Waals surface area contributed by atoms with E-state index in [0.29, 0.717) is 11.5 Å². The first-order valence-electron chi connectivity index (χ1n) is 12.8. The summed E-state index contributed by atoms with van der Waals surface area (Å²) < 4.78 is 1.04. The van der Waals surface area contributed by atoms with Gasteiger partial charge in [0.25, 0.3) is 0 Å². The van der Waals surface area contributed by atoms with Crippen LogP contribution in [-0.2, 0) is 11.8 Å². The van der Waals surface area contributed by atoms with E-state index in [2.05, 4.69) is 55.3 Å². The smallest absolute Gasteiger partial charge is 0.335 e. The molecular formula is C30H38N2O2S2. The molecule has 0 radical (unpaired) electrons. The normalized spacial score (nSPS) is 16.3. The van der Waals surface area contributed by atoms with Crippen molar-refractivity contribution in [1.82, 2.24) is 10.2 Å². The first-order valence-corrected chi connectivity index (χ1v) is 14.6. The summed E-state index contributed by atoms with van der Waals surface area (Å²) >= 11 is 3.45.